The van der Waals surface area contributed by atoms with E-state index in [1.54, 1.807) is 13.8 Å². The van der Waals surface area contributed by atoms with Crippen LogP contribution < -0.4 is 0 Å². The summed E-state index contributed by atoms with van der Waals surface area (Å²) in [6.07, 6.45) is 0. The second-order valence-electron chi connectivity index (χ2n) is 4.24. The van der Waals surface area contributed by atoms with E-state index in [0.717, 1.165) is 11.8 Å². The molecular formula is C12H19Cl3NO6PS. The summed E-state index contributed by atoms with van der Waals surface area (Å²) in [6.45, 7) is 4.08. The number of hydrogen-bond acceptors (Lipinski definition) is 8. The fourth-order valence-electron chi connectivity index (χ4n) is 1.29. The molecular weight excluding hydrogens is 424 g/mol. The van der Waals surface area contributed by atoms with Crippen molar-refractivity contribution < 1.29 is 27.9 Å². The molecule has 0 aromatic heterocycles. The van der Waals surface area contributed by atoms with Crippen LogP contribution in [-0.4, -0.2) is 52.4 Å². The minimum Gasteiger partial charge on any atom is -0.459 e. The molecule has 0 fully saturated rings. The van der Waals surface area contributed by atoms with Gasteiger partial charge >= 0.3 is 13.6 Å². The third-order valence-electron chi connectivity index (χ3n) is 2.07. The van der Waals surface area contributed by atoms with Crippen LogP contribution in [-0.2, 0) is 27.9 Å². The number of nitrogens with zero attached hydrogens (tertiary/aromatic N) is 1. The molecule has 0 aliphatic heterocycles. The largest absolute Gasteiger partial charge is 0.459 e. The van der Waals surface area contributed by atoms with Gasteiger partial charge in [-0.25, -0.2) is 4.79 Å². The van der Waals surface area contributed by atoms with Crippen LogP contribution in [0.2, 0.25) is 0 Å². The van der Waals surface area contributed by atoms with Crippen LogP contribution in [0.4, 0.5) is 0 Å². The Morgan fingerprint density at radius 3 is 2.21 bits per heavy atom. The number of ketones is 1. The van der Waals surface area contributed by atoms with Gasteiger partial charge in [0.2, 0.25) is 9.58 Å². The van der Waals surface area contributed by atoms with Crippen LogP contribution >= 0.6 is 54.2 Å². The fraction of sp³-hybridized carbons (Fsp3) is 0.750. The summed E-state index contributed by atoms with van der Waals surface area (Å²) in [5.41, 5.74) is 1.22. The van der Waals surface area contributed by atoms with E-state index in [4.69, 9.17) is 48.6 Å². The minimum atomic E-state index is -3.93. The molecule has 0 N–H and O–H groups in total. The van der Waals surface area contributed by atoms with Gasteiger partial charge in [0.15, 0.2) is 0 Å². The highest BCUT2D eigenvalue weighted by Gasteiger charge is 2.43. The summed E-state index contributed by atoms with van der Waals surface area (Å²) in [7, 11) is -3.93. The summed E-state index contributed by atoms with van der Waals surface area (Å²) >= 11 is 17.6. The molecule has 0 heterocycles. The predicted molar refractivity (Wildman–Crippen MR) is 97.5 cm³/mol. The molecule has 0 aromatic carbocycles. The zero-order chi connectivity index (χ0) is 18.8. The van der Waals surface area contributed by atoms with Crippen LogP contribution in [0.25, 0.3) is 0 Å². The summed E-state index contributed by atoms with van der Waals surface area (Å²) < 4.78 is 26.0. The van der Waals surface area contributed by atoms with Crippen molar-refractivity contribution in [1.29, 1.82) is 0 Å². The molecule has 24 heavy (non-hydrogen) atoms. The van der Waals surface area contributed by atoms with Gasteiger partial charge < -0.3 is 13.8 Å². The van der Waals surface area contributed by atoms with Crippen LogP contribution in [0.3, 0.4) is 0 Å². The molecule has 0 aromatic rings. The number of Topliss-reactive ketones (excluding diaryl/α,β-unsaturated/α-hetero) is 1. The minimum absolute atomic E-state index is 0.0294. The van der Waals surface area contributed by atoms with Gasteiger partial charge in [0, 0.05) is 0 Å². The Labute approximate surface area is 160 Å². The SMILES string of the molecule is CCOP(=O)(OCC)C(N=CSCC(C)=O)C(=O)OCC(Cl)(Cl)Cl. The van der Waals surface area contributed by atoms with Crippen molar-refractivity contribution in [3.05, 3.63) is 0 Å². The van der Waals surface area contributed by atoms with Crippen molar-refractivity contribution in [2.75, 3.05) is 25.6 Å². The number of aliphatic imine (C=N–C) groups is 1. The number of halogens is 3. The molecule has 0 aliphatic rings. The van der Waals surface area contributed by atoms with E-state index in [1.165, 1.54) is 12.5 Å². The molecule has 1 unspecified atom stereocenters. The molecule has 0 bridgehead atoms. The van der Waals surface area contributed by atoms with Crippen molar-refractivity contribution >= 4 is 71.5 Å². The zero-order valence-electron chi connectivity index (χ0n) is 13.4. The van der Waals surface area contributed by atoms with Crippen LogP contribution in [0.1, 0.15) is 20.8 Å². The lowest BCUT2D eigenvalue weighted by Crippen LogP contribution is -2.27. The van der Waals surface area contributed by atoms with E-state index in [9.17, 15) is 14.2 Å². The predicted octanol–water partition coefficient (Wildman–Crippen LogP) is 3.84. The van der Waals surface area contributed by atoms with Crippen LogP contribution in [0.15, 0.2) is 4.99 Å². The van der Waals surface area contributed by atoms with E-state index in [-0.39, 0.29) is 24.7 Å². The zero-order valence-corrected chi connectivity index (χ0v) is 17.3. The summed E-state index contributed by atoms with van der Waals surface area (Å²) in [6, 6.07) is 0. The Bertz CT molecular complexity index is 490. The molecule has 7 nitrogen and oxygen atoms in total. The van der Waals surface area contributed by atoms with E-state index in [0.29, 0.717) is 0 Å². The Morgan fingerprint density at radius 2 is 1.79 bits per heavy atom. The maximum Gasteiger partial charge on any atom is 0.366 e. The third kappa shape index (κ3) is 10.2. The molecule has 0 saturated carbocycles. The molecule has 0 rings (SSSR count). The van der Waals surface area contributed by atoms with E-state index < -0.39 is 29.7 Å². The number of rotatable bonds is 11. The Hall–Kier alpha value is 0.180. The number of hydrogen-bond donors (Lipinski definition) is 0. The number of carbonyl (C=O) groups is 2. The summed E-state index contributed by atoms with van der Waals surface area (Å²) in [5, 5.41) is 0. The lowest BCUT2D eigenvalue weighted by molar-refractivity contribution is -0.143. The molecule has 140 valence electrons. The molecule has 0 spiro atoms. The number of alkyl halides is 3. The Morgan fingerprint density at radius 1 is 1.25 bits per heavy atom. The van der Waals surface area contributed by atoms with E-state index >= 15 is 0 Å². The second-order valence-corrected chi connectivity index (χ2v) is 9.67. The normalized spacial score (nSPS) is 13.9. The number of ether oxygens (including phenoxy) is 1. The van der Waals surface area contributed by atoms with Crippen LogP contribution in [0.5, 0.6) is 0 Å². The number of esters is 1. The third-order valence-corrected chi connectivity index (χ3v) is 5.42. The average molecular weight is 443 g/mol. The standard InChI is InChI=1S/C12H19Cl3NO6PS/c1-4-21-23(19,22-5-2)10(16-8-24-6-9(3)17)11(18)20-7-12(13,14)15/h8,10H,4-7H2,1-3H3. The maximum atomic E-state index is 12.8. The molecule has 0 saturated heterocycles. The lowest BCUT2D eigenvalue weighted by Gasteiger charge is -2.22. The summed E-state index contributed by atoms with van der Waals surface area (Å²) in [5.74, 6) is -2.54. The molecule has 12 heteroatoms. The van der Waals surface area contributed by atoms with Crippen molar-refractivity contribution in [2.45, 2.75) is 30.3 Å². The van der Waals surface area contributed by atoms with Crippen molar-refractivity contribution in [3.63, 3.8) is 0 Å². The smallest absolute Gasteiger partial charge is 0.366 e. The van der Waals surface area contributed by atoms with Crippen LogP contribution in [0, 0.1) is 0 Å². The lowest BCUT2D eigenvalue weighted by atomic mass is 10.5. The first-order chi connectivity index (χ1) is 11.1. The van der Waals surface area contributed by atoms with Gasteiger partial charge in [-0.3, -0.25) is 14.4 Å². The quantitative estimate of drug-likeness (QED) is 0.158. The Balaban J connectivity index is 5.28. The van der Waals surface area contributed by atoms with Gasteiger partial charge in [-0.1, -0.05) is 34.8 Å². The van der Waals surface area contributed by atoms with E-state index in [1.807, 2.05) is 0 Å². The van der Waals surface area contributed by atoms with Crippen molar-refractivity contribution in [3.8, 4) is 0 Å². The molecule has 0 amide bonds. The van der Waals surface area contributed by atoms with Crippen molar-refractivity contribution in [2.24, 2.45) is 4.99 Å². The van der Waals surface area contributed by atoms with Gasteiger partial charge in [-0.15, -0.1) is 11.8 Å². The van der Waals surface area contributed by atoms with Gasteiger partial charge in [0.05, 0.1) is 24.5 Å². The highest BCUT2D eigenvalue weighted by Crippen LogP contribution is 2.54. The highest BCUT2D eigenvalue weighted by atomic mass is 35.6. The fourth-order valence-corrected chi connectivity index (χ4v) is 3.70. The van der Waals surface area contributed by atoms with Gasteiger partial charge in [-0.2, -0.15) is 0 Å². The maximum absolute atomic E-state index is 12.8. The van der Waals surface area contributed by atoms with Gasteiger partial charge in [0.1, 0.15) is 12.4 Å². The highest BCUT2D eigenvalue weighted by molar-refractivity contribution is 8.12. The van der Waals surface area contributed by atoms with Gasteiger partial charge in [0.25, 0.3) is 0 Å². The van der Waals surface area contributed by atoms with E-state index in [2.05, 4.69) is 4.99 Å². The molecule has 0 radical (unpaired) electrons. The topological polar surface area (TPSA) is 91.3 Å². The molecule has 0 aliphatic carbocycles. The van der Waals surface area contributed by atoms with Gasteiger partial charge in [-0.05, 0) is 20.8 Å². The first kappa shape index (κ1) is 24.2. The second kappa shape index (κ2) is 11.7. The first-order valence-corrected chi connectivity index (χ1v) is 10.6. The number of thioether (sulfide) groups is 1. The monoisotopic (exact) mass is 441 g/mol. The number of carbonyl (C=O) groups excluding carboxylic acids is 2. The first-order valence-electron chi connectivity index (χ1n) is 6.80. The van der Waals surface area contributed by atoms with Crippen molar-refractivity contribution in [1.82, 2.24) is 0 Å². The average Bonchev–Trinajstić information content (AvgIpc) is 2.44. The Kier molecular flexibility index (Phi) is 11.8. The summed E-state index contributed by atoms with van der Waals surface area (Å²) in [4.78, 5) is 27.0. The molecule has 1 atom stereocenters.